The van der Waals surface area contributed by atoms with Crippen LogP contribution in [0.5, 0.6) is 5.75 Å². The quantitative estimate of drug-likeness (QED) is 0.314. The Morgan fingerprint density at radius 2 is 2.00 bits per heavy atom. The average Bonchev–Trinajstić information content (AvgIpc) is 3.32. The van der Waals surface area contributed by atoms with Crippen LogP contribution < -0.4 is 15.4 Å². The largest absolute Gasteiger partial charge is 0.487 e. The van der Waals surface area contributed by atoms with Gasteiger partial charge in [-0.05, 0) is 38.7 Å². The van der Waals surface area contributed by atoms with Gasteiger partial charge < -0.3 is 15.4 Å². The molecule has 176 valence electrons. The Kier molecular flexibility index (Phi) is 7.61. The first-order chi connectivity index (χ1) is 14.8. The van der Waals surface area contributed by atoms with Crippen molar-refractivity contribution in [1.29, 1.82) is 0 Å². The second-order valence-electron chi connectivity index (χ2n) is 8.30. The molecule has 2 aliphatic rings. The van der Waals surface area contributed by atoms with Crippen LogP contribution in [0.4, 0.5) is 13.2 Å². The van der Waals surface area contributed by atoms with Crippen molar-refractivity contribution in [2.45, 2.75) is 63.4 Å². The smallest absolute Gasteiger partial charge is 0.435 e. The second-order valence-corrected chi connectivity index (χ2v) is 8.30. The van der Waals surface area contributed by atoms with Crippen LogP contribution in [-0.2, 0) is 19.8 Å². The van der Waals surface area contributed by atoms with Crippen molar-refractivity contribution in [3.63, 3.8) is 0 Å². The van der Waals surface area contributed by atoms with E-state index in [1.54, 1.807) is 0 Å². The first kappa shape index (κ1) is 24.7. The lowest BCUT2D eigenvalue weighted by Crippen LogP contribution is -2.46. The molecule has 1 atom stereocenters. The highest BCUT2D eigenvalue weighted by molar-refractivity contribution is 14.0. The van der Waals surface area contributed by atoms with Gasteiger partial charge in [0.1, 0.15) is 11.4 Å². The lowest BCUT2D eigenvalue weighted by atomic mass is 9.86. The molecule has 0 amide bonds. The van der Waals surface area contributed by atoms with Gasteiger partial charge in [0.15, 0.2) is 11.7 Å². The molecule has 2 aromatic rings. The van der Waals surface area contributed by atoms with Crippen LogP contribution in [0.1, 0.15) is 61.9 Å². The molecule has 1 aliphatic carbocycles. The minimum atomic E-state index is -4.51. The van der Waals surface area contributed by atoms with Crippen molar-refractivity contribution >= 4 is 29.9 Å². The summed E-state index contributed by atoms with van der Waals surface area (Å²) < 4.78 is 47.4. The Morgan fingerprint density at radius 1 is 1.28 bits per heavy atom. The van der Waals surface area contributed by atoms with Crippen molar-refractivity contribution < 1.29 is 17.9 Å². The number of nitrogens with zero attached hydrogens (tertiary/aromatic N) is 3. The van der Waals surface area contributed by atoms with E-state index < -0.39 is 11.9 Å². The number of aliphatic imine (C=N–C) groups is 1. The summed E-state index contributed by atoms with van der Waals surface area (Å²) in [5, 5.41) is 10.2. The van der Waals surface area contributed by atoms with E-state index in [2.05, 4.69) is 20.7 Å². The number of alkyl halides is 3. The molecule has 0 radical (unpaired) electrons. The molecule has 0 bridgehead atoms. The van der Waals surface area contributed by atoms with Crippen molar-refractivity contribution in [1.82, 2.24) is 20.4 Å². The maximum absolute atomic E-state index is 13.3. The lowest BCUT2D eigenvalue weighted by Gasteiger charge is -2.40. The van der Waals surface area contributed by atoms with E-state index in [0.29, 0.717) is 12.5 Å². The molecule has 1 aromatic heterocycles. The summed E-state index contributed by atoms with van der Waals surface area (Å²) in [7, 11) is 1.48. The maximum Gasteiger partial charge on any atom is 0.435 e. The monoisotopic (exact) mass is 563 g/mol. The number of fused-ring (bicyclic) bond motifs is 1. The van der Waals surface area contributed by atoms with Gasteiger partial charge in [-0.3, -0.25) is 4.68 Å². The van der Waals surface area contributed by atoms with Gasteiger partial charge in [-0.1, -0.05) is 18.2 Å². The van der Waals surface area contributed by atoms with Crippen LogP contribution in [0.2, 0.25) is 0 Å². The van der Waals surface area contributed by atoms with Crippen LogP contribution in [0.3, 0.4) is 0 Å². The lowest BCUT2D eigenvalue weighted by molar-refractivity contribution is -0.142. The van der Waals surface area contributed by atoms with E-state index in [0.717, 1.165) is 43.4 Å². The van der Waals surface area contributed by atoms with Crippen molar-refractivity contribution in [3.05, 3.63) is 47.3 Å². The molecule has 0 saturated heterocycles. The molecule has 4 rings (SSSR count). The van der Waals surface area contributed by atoms with Gasteiger partial charge in [0.25, 0.3) is 0 Å². The zero-order chi connectivity index (χ0) is 22.1. The van der Waals surface area contributed by atoms with Gasteiger partial charge >= 0.3 is 6.18 Å². The molecule has 1 fully saturated rings. The van der Waals surface area contributed by atoms with Gasteiger partial charge in [0, 0.05) is 37.3 Å². The summed E-state index contributed by atoms with van der Waals surface area (Å²) >= 11 is 0. The van der Waals surface area contributed by atoms with Crippen molar-refractivity contribution in [2.24, 2.45) is 12.0 Å². The molecule has 2 heterocycles. The number of para-hydroxylation sites is 1. The summed E-state index contributed by atoms with van der Waals surface area (Å²) in [5.41, 5.74) is 0.0154. The van der Waals surface area contributed by atoms with E-state index in [-0.39, 0.29) is 47.7 Å². The third kappa shape index (κ3) is 5.32. The molecular weight excluding hydrogens is 534 g/mol. The number of hydrogen-bond acceptors (Lipinski definition) is 3. The second kappa shape index (κ2) is 9.88. The number of ether oxygens (including phenoxy) is 1. The van der Waals surface area contributed by atoms with Gasteiger partial charge in [-0.2, -0.15) is 18.3 Å². The predicted molar refractivity (Wildman–Crippen MR) is 127 cm³/mol. The summed E-state index contributed by atoms with van der Waals surface area (Å²) in [4.78, 5) is 4.45. The standard InChI is InChI=1S/C22H28F3N5O.HI/c1-3-26-20(27-13-15-14-30(2)29-19(15)22(23,24)25)28-17-12-21(10-6-7-11-21)31-18-9-5-4-8-16(17)18;/h4-5,8-9,14,17H,3,6-7,10-13H2,1-2H3,(H2,26,27,28);1H. The first-order valence-electron chi connectivity index (χ1n) is 10.7. The average molecular weight is 563 g/mol. The van der Waals surface area contributed by atoms with Crippen molar-refractivity contribution in [3.8, 4) is 5.75 Å². The number of hydrogen-bond donors (Lipinski definition) is 2. The number of halogens is 4. The Labute approximate surface area is 203 Å². The molecule has 2 N–H and O–H groups in total. The summed E-state index contributed by atoms with van der Waals surface area (Å²) in [5.74, 6) is 1.35. The van der Waals surface area contributed by atoms with Crippen LogP contribution in [0.15, 0.2) is 35.5 Å². The molecule has 32 heavy (non-hydrogen) atoms. The Balaban J connectivity index is 0.00000289. The van der Waals surface area contributed by atoms with E-state index in [1.165, 1.54) is 17.9 Å². The Bertz CT molecular complexity index is 953. The highest BCUT2D eigenvalue weighted by Gasteiger charge is 2.43. The molecule has 1 unspecified atom stereocenters. The van der Waals surface area contributed by atoms with Gasteiger partial charge in [0.2, 0.25) is 0 Å². The van der Waals surface area contributed by atoms with Crippen molar-refractivity contribution in [2.75, 3.05) is 6.54 Å². The third-order valence-corrected chi connectivity index (χ3v) is 5.95. The molecule has 10 heteroatoms. The zero-order valence-corrected chi connectivity index (χ0v) is 20.5. The van der Waals surface area contributed by atoms with E-state index in [1.807, 2.05) is 31.2 Å². The number of guanidine groups is 1. The maximum atomic E-state index is 13.3. The predicted octanol–water partition coefficient (Wildman–Crippen LogP) is 4.95. The Hall–Kier alpha value is -1.98. The minimum Gasteiger partial charge on any atom is -0.487 e. The highest BCUT2D eigenvalue weighted by Crippen LogP contribution is 2.47. The van der Waals surface area contributed by atoms with Gasteiger partial charge in [-0.25, -0.2) is 4.99 Å². The van der Waals surface area contributed by atoms with Crippen LogP contribution in [-0.4, -0.2) is 27.9 Å². The molecule has 1 aromatic carbocycles. The van der Waals surface area contributed by atoms with E-state index in [4.69, 9.17) is 4.74 Å². The highest BCUT2D eigenvalue weighted by atomic mass is 127. The molecule has 1 saturated carbocycles. The van der Waals surface area contributed by atoms with Gasteiger partial charge in [0.05, 0.1) is 12.6 Å². The van der Waals surface area contributed by atoms with E-state index in [9.17, 15) is 13.2 Å². The van der Waals surface area contributed by atoms with Crippen LogP contribution in [0.25, 0.3) is 0 Å². The number of rotatable bonds is 4. The minimum absolute atomic E-state index is 0. The fourth-order valence-corrected chi connectivity index (χ4v) is 4.61. The SMILES string of the molecule is CCNC(=NCc1cn(C)nc1C(F)(F)F)NC1CC2(CCCC2)Oc2ccccc21.I. The third-order valence-electron chi connectivity index (χ3n) is 5.95. The number of aryl methyl sites for hydroxylation is 1. The van der Waals surface area contributed by atoms with Crippen LogP contribution >= 0.6 is 24.0 Å². The summed E-state index contributed by atoms with van der Waals surface area (Å²) in [6.07, 6.45) is 1.97. The first-order valence-corrected chi connectivity index (χ1v) is 10.7. The zero-order valence-electron chi connectivity index (χ0n) is 18.2. The molecule has 1 spiro atoms. The summed E-state index contributed by atoms with van der Waals surface area (Å²) in [6, 6.07) is 7.92. The fourth-order valence-electron chi connectivity index (χ4n) is 4.61. The topological polar surface area (TPSA) is 63.5 Å². The fraction of sp³-hybridized carbons (Fsp3) is 0.545. The van der Waals surface area contributed by atoms with Crippen LogP contribution in [0, 0.1) is 0 Å². The van der Waals surface area contributed by atoms with Gasteiger partial charge in [-0.15, -0.1) is 24.0 Å². The summed E-state index contributed by atoms with van der Waals surface area (Å²) in [6.45, 7) is 2.41. The molecule has 1 aliphatic heterocycles. The number of nitrogens with one attached hydrogen (secondary N) is 2. The number of aromatic nitrogens is 2. The molecule has 6 nitrogen and oxygen atoms in total. The number of benzene rings is 1. The van der Waals surface area contributed by atoms with E-state index >= 15 is 0 Å². The Morgan fingerprint density at radius 3 is 2.69 bits per heavy atom. The molecular formula is C22H29F3IN5O. The normalized spacial score (nSPS) is 19.8.